The van der Waals surface area contributed by atoms with Crippen molar-refractivity contribution in [3.05, 3.63) is 51.7 Å². The van der Waals surface area contributed by atoms with E-state index in [1.54, 1.807) is 11.4 Å². The molecule has 0 saturated heterocycles. The van der Waals surface area contributed by atoms with Crippen molar-refractivity contribution in [3.8, 4) is 5.75 Å². The lowest BCUT2D eigenvalue weighted by Crippen LogP contribution is -2.01. The minimum Gasteiger partial charge on any atom is -0.489 e. The SMILES string of the molecule is CCc1ccc(OCc2ccsc2C(=O)O)cc1. The zero-order valence-corrected chi connectivity index (χ0v) is 10.9. The number of thiophene rings is 1. The van der Waals surface area contributed by atoms with Gasteiger partial charge in [0.25, 0.3) is 0 Å². The van der Waals surface area contributed by atoms with Gasteiger partial charge in [-0.1, -0.05) is 19.1 Å². The predicted molar refractivity (Wildman–Crippen MR) is 71.4 cm³/mol. The summed E-state index contributed by atoms with van der Waals surface area (Å²) in [6.07, 6.45) is 0.994. The van der Waals surface area contributed by atoms with Gasteiger partial charge in [-0.3, -0.25) is 0 Å². The third-order valence-electron chi connectivity index (χ3n) is 2.67. The molecular formula is C14H14O3S. The maximum atomic E-state index is 10.9. The van der Waals surface area contributed by atoms with E-state index >= 15 is 0 Å². The molecule has 2 rings (SSSR count). The van der Waals surface area contributed by atoms with Crippen molar-refractivity contribution in [1.82, 2.24) is 0 Å². The van der Waals surface area contributed by atoms with E-state index in [-0.39, 0.29) is 6.61 Å². The van der Waals surface area contributed by atoms with E-state index in [9.17, 15) is 4.79 Å². The second kappa shape index (κ2) is 5.69. The third-order valence-corrected chi connectivity index (χ3v) is 3.61. The molecule has 4 heteroatoms. The van der Waals surface area contributed by atoms with Gasteiger partial charge in [0.15, 0.2) is 0 Å². The summed E-state index contributed by atoms with van der Waals surface area (Å²) in [6, 6.07) is 9.63. The van der Waals surface area contributed by atoms with Crippen LogP contribution in [0.1, 0.15) is 27.7 Å². The fraction of sp³-hybridized carbons (Fsp3) is 0.214. The van der Waals surface area contributed by atoms with Gasteiger partial charge in [0, 0.05) is 5.56 Å². The van der Waals surface area contributed by atoms with Crippen LogP contribution in [0.2, 0.25) is 0 Å². The minimum absolute atomic E-state index is 0.288. The number of carboxylic acid groups (broad SMARTS) is 1. The second-order valence-corrected chi connectivity index (χ2v) is 4.78. The number of ether oxygens (including phenoxy) is 1. The van der Waals surface area contributed by atoms with Gasteiger partial charge >= 0.3 is 5.97 Å². The van der Waals surface area contributed by atoms with Crippen LogP contribution in [0.3, 0.4) is 0 Å². The minimum atomic E-state index is -0.898. The molecule has 0 unspecified atom stereocenters. The average Bonchev–Trinajstić information content (AvgIpc) is 2.85. The molecule has 0 saturated carbocycles. The van der Waals surface area contributed by atoms with Gasteiger partial charge < -0.3 is 9.84 Å². The van der Waals surface area contributed by atoms with Gasteiger partial charge in [0.05, 0.1) is 0 Å². The van der Waals surface area contributed by atoms with Crippen LogP contribution in [0, 0.1) is 0 Å². The Morgan fingerprint density at radius 3 is 2.61 bits per heavy atom. The summed E-state index contributed by atoms with van der Waals surface area (Å²) in [6.45, 7) is 2.39. The van der Waals surface area contributed by atoms with E-state index in [0.717, 1.165) is 12.2 Å². The van der Waals surface area contributed by atoms with Crippen molar-refractivity contribution in [1.29, 1.82) is 0 Å². The van der Waals surface area contributed by atoms with Gasteiger partial charge in [-0.25, -0.2) is 4.79 Å². The van der Waals surface area contributed by atoms with Gasteiger partial charge in [-0.2, -0.15) is 0 Å². The van der Waals surface area contributed by atoms with Crippen LogP contribution in [-0.2, 0) is 13.0 Å². The molecule has 0 amide bonds. The molecule has 0 radical (unpaired) electrons. The summed E-state index contributed by atoms with van der Waals surface area (Å²) < 4.78 is 5.58. The summed E-state index contributed by atoms with van der Waals surface area (Å²) in [5, 5.41) is 10.7. The Bertz CT molecular complexity index is 528. The summed E-state index contributed by atoms with van der Waals surface area (Å²) in [4.78, 5) is 11.3. The van der Waals surface area contributed by atoms with Crippen molar-refractivity contribution in [2.75, 3.05) is 0 Å². The molecular weight excluding hydrogens is 248 g/mol. The molecule has 0 aliphatic rings. The molecule has 94 valence electrons. The Balaban J connectivity index is 2.02. The average molecular weight is 262 g/mol. The number of benzene rings is 1. The Morgan fingerprint density at radius 1 is 1.28 bits per heavy atom. The van der Waals surface area contributed by atoms with Crippen molar-refractivity contribution < 1.29 is 14.6 Å². The van der Waals surface area contributed by atoms with Gasteiger partial charge in [-0.15, -0.1) is 11.3 Å². The van der Waals surface area contributed by atoms with Crippen molar-refractivity contribution in [3.63, 3.8) is 0 Å². The number of hydrogen-bond acceptors (Lipinski definition) is 3. The summed E-state index contributed by atoms with van der Waals surface area (Å²) in [5.74, 6) is -0.139. The summed E-state index contributed by atoms with van der Waals surface area (Å²) in [5.41, 5.74) is 1.97. The van der Waals surface area contributed by atoms with Crippen LogP contribution in [0.15, 0.2) is 35.7 Å². The van der Waals surface area contributed by atoms with Crippen LogP contribution in [0.4, 0.5) is 0 Å². The van der Waals surface area contributed by atoms with Gasteiger partial charge in [0.2, 0.25) is 0 Å². The van der Waals surface area contributed by atoms with Crippen LogP contribution >= 0.6 is 11.3 Å². The zero-order chi connectivity index (χ0) is 13.0. The Labute approximate surface area is 110 Å². The fourth-order valence-electron chi connectivity index (χ4n) is 1.62. The van der Waals surface area contributed by atoms with Crippen molar-refractivity contribution >= 4 is 17.3 Å². The van der Waals surface area contributed by atoms with E-state index < -0.39 is 5.97 Å². The highest BCUT2D eigenvalue weighted by Crippen LogP contribution is 2.20. The fourth-order valence-corrected chi connectivity index (χ4v) is 2.37. The molecule has 0 aliphatic carbocycles. The normalized spacial score (nSPS) is 10.3. The third kappa shape index (κ3) is 2.90. The largest absolute Gasteiger partial charge is 0.489 e. The van der Waals surface area contributed by atoms with Crippen LogP contribution in [0.25, 0.3) is 0 Å². The topological polar surface area (TPSA) is 46.5 Å². The second-order valence-electron chi connectivity index (χ2n) is 3.87. The summed E-state index contributed by atoms with van der Waals surface area (Å²) in [7, 11) is 0. The predicted octanol–water partition coefficient (Wildman–Crippen LogP) is 3.59. The van der Waals surface area contributed by atoms with Crippen molar-refractivity contribution in [2.45, 2.75) is 20.0 Å². The smallest absolute Gasteiger partial charge is 0.346 e. The molecule has 1 aromatic carbocycles. The van der Waals surface area contributed by atoms with Crippen LogP contribution < -0.4 is 4.74 Å². The first-order valence-electron chi connectivity index (χ1n) is 5.72. The number of aromatic carboxylic acids is 1. The lowest BCUT2D eigenvalue weighted by atomic mass is 10.2. The van der Waals surface area contributed by atoms with E-state index in [1.165, 1.54) is 16.9 Å². The molecule has 1 aromatic heterocycles. The lowest BCUT2D eigenvalue weighted by molar-refractivity contribution is 0.0699. The molecule has 3 nitrogen and oxygen atoms in total. The zero-order valence-electron chi connectivity index (χ0n) is 10.1. The number of rotatable bonds is 5. The molecule has 1 N–H and O–H groups in total. The van der Waals surface area contributed by atoms with E-state index in [0.29, 0.717) is 10.4 Å². The monoisotopic (exact) mass is 262 g/mol. The first kappa shape index (κ1) is 12.6. The highest BCUT2D eigenvalue weighted by atomic mass is 32.1. The Kier molecular flexibility index (Phi) is 3.99. The van der Waals surface area contributed by atoms with Crippen LogP contribution in [0.5, 0.6) is 5.75 Å². The Morgan fingerprint density at radius 2 is 2.00 bits per heavy atom. The number of carboxylic acids is 1. The van der Waals surface area contributed by atoms with E-state index in [4.69, 9.17) is 9.84 Å². The van der Waals surface area contributed by atoms with Crippen molar-refractivity contribution in [2.24, 2.45) is 0 Å². The van der Waals surface area contributed by atoms with Gasteiger partial charge in [-0.05, 0) is 35.6 Å². The molecule has 0 spiro atoms. The molecule has 0 fully saturated rings. The number of carbonyl (C=O) groups is 1. The molecule has 1 heterocycles. The lowest BCUT2D eigenvalue weighted by Gasteiger charge is -2.06. The highest BCUT2D eigenvalue weighted by Gasteiger charge is 2.11. The summed E-state index contributed by atoms with van der Waals surface area (Å²) >= 11 is 1.22. The standard InChI is InChI=1S/C14H14O3S/c1-2-10-3-5-12(6-4-10)17-9-11-7-8-18-13(11)14(15)16/h3-8H,2,9H2,1H3,(H,15,16). The first-order chi connectivity index (χ1) is 8.70. The maximum Gasteiger partial charge on any atom is 0.346 e. The Hall–Kier alpha value is -1.81. The number of hydrogen-bond donors (Lipinski definition) is 1. The van der Waals surface area contributed by atoms with Gasteiger partial charge in [0.1, 0.15) is 17.2 Å². The molecule has 2 aromatic rings. The molecule has 0 atom stereocenters. The quantitative estimate of drug-likeness (QED) is 0.895. The molecule has 0 bridgehead atoms. The maximum absolute atomic E-state index is 10.9. The van der Waals surface area contributed by atoms with Crippen LogP contribution in [-0.4, -0.2) is 11.1 Å². The first-order valence-corrected chi connectivity index (χ1v) is 6.60. The molecule has 18 heavy (non-hydrogen) atoms. The molecule has 0 aliphatic heterocycles. The highest BCUT2D eigenvalue weighted by molar-refractivity contribution is 7.12. The van der Waals surface area contributed by atoms with E-state index in [2.05, 4.69) is 6.92 Å². The van der Waals surface area contributed by atoms with E-state index in [1.807, 2.05) is 24.3 Å². The number of aryl methyl sites for hydroxylation is 1.